The predicted octanol–water partition coefficient (Wildman–Crippen LogP) is 3.35. The van der Waals surface area contributed by atoms with Gasteiger partial charge in [0.2, 0.25) is 0 Å². The molecule has 1 heterocycles. The molecule has 74 valence electrons. The van der Waals surface area contributed by atoms with Crippen LogP contribution in [0.3, 0.4) is 0 Å². The molecule has 0 bridgehead atoms. The smallest absolute Gasteiger partial charge is 0.176 e. The summed E-state index contributed by atoms with van der Waals surface area (Å²) in [6.07, 6.45) is 0. The molecule has 1 N–H and O–H groups in total. The Morgan fingerprint density at radius 2 is 2.29 bits per heavy atom. The second kappa shape index (κ2) is 3.67. The van der Waals surface area contributed by atoms with Crippen molar-refractivity contribution in [1.29, 1.82) is 0 Å². The summed E-state index contributed by atoms with van der Waals surface area (Å²) in [5, 5.41) is 10.8. The molecule has 2 nitrogen and oxygen atoms in total. The molecule has 0 fully saturated rings. The second-order valence-electron chi connectivity index (χ2n) is 2.85. The highest BCUT2D eigenvalue weighted by Gasteiger charge is 2.13. The van der Waals surface area contributed by atoms with Gasteiger partial charge in [-0.15, -0.1) is 11.6 Å². The van der Waals surface area contributed by atoms with Gasteiger partial charge in [0.05, 0.1) is 13.0 Å². The lowest BCUT2D eigenvalue weighted by molar-refractivity contribution is 0.419. The van der Waals surface area contributed by atoms with Crippen LogP contribution in [0.25, 0.3) is 10.1 Å². The molecule has 2 rings (SSSR count). The zero-order valence-corrected chi connectivity index (χ0v) is 9.15. The minimum Gasteiger partial charge on any atom is -0.499 e. The van der Waals surface area contributed by atoms with E-state index in [-0.39, 0.29) is 5.06 Å². The van der Waals surface area contributed by atoms with Crippen molar-refractivity contribution in [2.24, 2.45) is 0 Å². The largest absolute Gasteiger partial charge is 0.499 e. The first-order valence-corrected chi connectivity index (χ1v) is 5.46. The number of rotatable bonds is 2. The quantitative estimate of drug-likeness (QED) is 0.799. The molecule has 1 aromatic heterocycles. The first-order valence-electron chi connectivity index (χ1n) is 4.11. The van der Waals surface area contributed by atoms with E-state index >= 15 is 0 Å². The van der Waals surface area contributed by atoms with Crippen LogP contribution in [-0.2, 0) is 5.88 Å². The van der Waals surface area contributed by atoms with Gasteiger partial charge in [-0.25, -0.2) is 0 Å². The fraction of sp³-hybridized carbons (Fsp3) is 0.200. The molecule has 0 aliphatic carbocycles. The second-order valence-corrected chi connectivity index (χ2v) is 4.15. The number of benzene rings is 1. The van der Waals surface area contributed by atoms with Crippen molar-refractivity contribution in [3.05, 3.63) is 23.8 Å². The summed E-state index contributed by atoms with van der Waals surface area (Å²) in [6, 6.07) is 5.71. The van der Waals surface area contributed by atoms with Crippen molar-refractivity contribution < 1.29 is 9.84 Å². The highest BCUT2D eigenvalue weighted by Crippen LogP contribution is 2.41. The van der Waals surface area contributed by atoms with Gasteiger partial charge in [0, 0.05) is 15.6 Å². The SMILES string of the molecule is COc1cccc2sc(O)c(CCl)c12. The summed E-state index contributed by atoms with van der Waals surface area (Å²) in [5.41, 5.74) is 0.754. The Labute approximate surface area is 90.7 Å². The summed E-state index contributed by atoms with van der Waals surface area (Å²) >= 11 is 7.10. The van der Waals surface area contributed by atoms with Gasteiger partial charge in [-0.2, -0.15) is 0 Å². The number of ether oxygens (including phenoxy) is 1. The Kier molecular flexibility index (Phi) is 2.52. The van der Waals surface area contributed by atoms with E-state index in [4.69, 9.17) is 16.3 Å². The van der Waals surface area contributed by atoms with E-state index in [1.807, 2.05) is 18.2 Å². The lowest BCUT2D eigenvalue weighted by Gasteiger charge is -2.02. The Balaban J connectivity index is 2.82. The van der Waals surface area contributed by atoms with E-state index in [1.165, 1.54) is 11.3 Å². The molecule has 1 aromatic carbocycles. The molecule has 2 aromatic rings. The Morgan fingerprint density at radius 1 is 1.50 bits per heavy atom. The van der Waals surface area contributed by atoms with E-state index < -0.39 is 0 Å². The molecular weight excluding hydrogens is 220 g/mol. The van der Waals surface area contributed by atoms with Gasteiger partial charge in [-0.3, -0.25) is 0 Å². The normalized spacial score (nSPS) is 10.7. The summed E-state index contributed by atoms with van der Waals surface area (Å²) in [4.78, 5) is 0. The summed E-state index contributed by atoms with van der Waals surface area (Å²) < 4.78 is 6.22. The van der Waals surface area contributed by atoms with Gasteiger partial charge >= 0.3 is 0 Å². The predicted molar refractivity (Wildman–Crippen MR) is 59.6 cm³/mol. The number of alkyl halides is 1. The third-order valence-electron chi connectivity index (χ3n) is 2.11. The summed E-state index contributed by atoms with van der Waals surface area (Å²) in [7, 11) is 1.61. The zero-order chi connectivity index (χ0) is 10.1. The molecule has 0 unspecified atom stereocenters. The van der Waals surface area contributed by atoms with Crippen LogP contribution in [-0.4, -0.2) is 12.2 Å². The van der Waals surface area contributed by atoms with Gasteiger partial charge in [0.25, 0.3) is 0 Å². The molecule has 4 heteroatoms. The maximum absolute atomic E-state index is 9.63. The number of hydrogen-bond acceptors (Lipinski definition) is 3. The molecule has 14 heavy (non-hydrogen) atoms. The summed E-state index contributed by atoms with van der Waals surface area (Å²) in [5.74, 6) is 1.06. The van der Waals surface area contributed by atoms with Crippen molar-refractivity contribution in [2.75, 3.05) is 7.11 Å². The maximum atomic E-state index is 9.63. The molecule has 0 amide bonds. The van der Waals surface area contributed by atoms with Crippen LogP contribution in [0.1, 0.15) is 5.56 Å². The molecule has 0 saturated carbocycles. The highest BCUT2D eigenvalue weighted by molar-refractivity contribution is 7.21. The van der Waals surface area contributed by atoms with Crippen molar-refractivity contribution in [3.8, 4) is 10.8 Å². The topological polar surface area (TPSA) is 29.5 Å². The van der Waals surface area contributed by atoms with E-state index in [0.717, 1.165) is 21.4 Å². The highest BCUT2D eigenvalue weighted by atomic mass is 35.5. The van der Waals surface area contributed by atoms with E-state index in [0.29, 0.717) is 5.88 Å². The van der Waals surface area contributed by atoms with Crippen LogP contribution in [0.5, 0.6) is 10.8 Å². The molecule has 0 saturated heterocycles. The van der Waals surface area contributed by atoms with Crippen LogP contribution >= 0.6 is 22.9 Å². The van der Waals surface area contributed by atoms with E-state index in [1.54, 1.807) is 7.11 Å². The maximum Gasteiger partial charge on any atom is 0.176 e. The van der Waals surface area contributed by atoms with Crippen molar-refractivity contribution in [1.82, 2.24) is 0 Å². The van der Waals surface area contributed by atoms with Crippen molar-refractivity contribution in [2.45, 2.75) is 5.88 Å². The summed E-state index contributed by atoms with van der Waals surface area (Å²) in [6.45, 7) is 0. The minimum atomic E-state index is 0.277. The van der Waals surface area contributed by atoms with Gasteiger partial charge in [0.15, 0.2) is 5.06 Å². The number of halogens is 1. The van der Waals surface area contributed by atoms with Crippen LogP contribution in [0, 0.1) is 0 Å². The van der Waals surface area contributed by atoms with Crippen molar-refractivity contribution in [3.63, 3.8) is 0 Å². The first kappa shape index (κ1) is 9.62. The lowest BCUT2D eigenvalue weighted by atomic mass is 10.2. The van der Waals surface area contributed by atoms with Gasteiger partial charge in [0.1, 0.15) is 5.75 Å². The van der Waals surface area contributed by atoms with Crippen LogP contribution in [0.4, 0.5) is 0 Å². The lowest BCUT2D eigenvalue weighted by Crippen LogP contribution is -1.84. The average molecular weight is 229 g/mol. The Hall–Kier alpha value is -0.930. The van der Waals surface area contributed by atoms with Gasteiger partial charge in [-0.05, 0) is 12.1 Å². The molecule has 0 radical (unpaired) electrons. The molecule has 0 aliphatic rings. The van der Waals surface area contributed by atoms with Gasteiger partial charge in [-0.1, -0.05) is 17.4 Å². The number of methoxy groups -OCH3 is 1. The zero-order valence-electron chi connectivity index (χ0n) is 7.58. The number of thiophene rings is 1. The minimum absolute atomic E-state index is 0.277. The third kappa shape index (κ3) is 1.33. The average Bonchev–Trinajstić information content (AvgIpc) is 2.52. The molecular formula is C10H9ClO2S. The van der Waals surface area contributed by atoms with Gasteiger partial charge < -0.3 is 9.84 Å². The third-order valence-corrected chi connectivity index (χ3v) is 3.38. The molecule has 0 atom stereocenters. The Morgan fingerprint density at radius 3 is 2.93 bits per heavy atom. The Bertz CT molecular complexity index is 464. The van der Waals surface area contributed by atoms with Crippen LogP contribution in [0.2, 0.25) is 0 Å². The molecule has 0 aliphatic heterocycles. The number of fused-ring (bicyclic) bond motifs is 1. The fourth-order valence-corrected chi connectivity index (χ4v) is 2.78. The number of aromatic hydroxyl groups is 1. The number of hydrogen-bond donors (Lipinski definition) is 1. The van der Waals surface area contributed by atoms with E-state index in [2.05, 4.69) is 0 Å². The monoisotopic (exact) mass is 228 g/mol. The van der Waals surface area contributed by atoms with Crippen LogP contribution in [0.15, 0.2) is 18.2 Å². The molecule has 0 spiro atoms. The van der Waals surface area contributed by atoms with Crippen LogP contribution < -0.4 is 4.74 Å². The van der Waals surface area contributed by atoms with E-state index in [9.17, 15) is 5.11 Å². The standard InChI is InChI=1S/C10H9ClO2S/c1-13-7-3-2-4-8-9(7)6(5-11)10(12)14-8/h2-4,12H,5H2,1H3. The van der Waals surface area contributed by atoms with Crippen molar-refractivity contribution >= 4 is 33.0 Å². The fourth-order valence-electron chi connectivity index (χ4n) is 1.46. The first-order chi connectivity index (χ1) is 6.77.